The SMILES string of the molecule is COc1cccc2nc3sc4ccccc4cc-3c12. The molecule has 0 saturated heterocycles. The van der Waals surface area contributed by atoms with E-state index in [1.165, 1.54) is 15.6 Å². The van der Waals surface area contributed by atoms with Crippen LogP contribution in [0.15, 0.2) is 48.5 Å². The van der Waals surface area contributed by atoms with Crippen LogP contribution in [0.4, 0.5) is 0 Å². The maximum atomic E-state index is 5.47. The fourth-order valence-corrected chi connectivity index (χ4v) is 3.51. The van der Waals surface area contributed by atoms with Gasteiger partial charge < -0.3 is 4.74 Å². The summed E-state index contributed by atoms with van der Waals surface area (Å²) in [5, 5.41) is 3.43. The van der Waals surface area contributed by atoms with Crippen molar-refractivity contribution < 1.29 is 4.74 Å². The molecule has 92 valence electrons. The Morgan fingerprint density at radius 3 is 2.84 bits per heavy atom. The summed E-state index contributed by atoms with van der Waals surface area (Å²) >= 11 is 1.73. The van der Waals surface area contributed by atoms with Gasteiger partial charge in [-0.3, -0.25) is 0 Å². The molecule has 0 spiro atoms. The van der Waals surface area contributed by atoms with Gasteiger partial charge >= 0.3 is 0 Å². The lowest BCUT2D eigenvalue weighted by Crippen LogP contribution is -1.83. The molecule has 3 heteroatoms. The maximum Gasteiger partial charge on any atom is 0.128 e. The maximum absolute atomic E-state index is 5.47. The summed E-state index contributed by atoms with van der Waals surface area (Å²) in [6.07, 6.45) is 0. The molecule has 0 unspecified atom stereocenters. The van der Waals surface area contributed by atoms with Gasteiger partial charge in [-0.25, -0.2) is 4.98 Å². The predicted molar refractivity (Wildman–Crippen MR) is 80.3 cm³/mol. The van der Waals surface area contributed by atoms with E-state index in [0.29, 0.717) is 0 Å². The second-order valence-corrected chi connectivity index (χ2v) is 5.50. The Balaban J connectivity index is 2.21. The van der Waals surface area contributed by atoms with Gasteiger partial charge in [0.05, 0.1) is 18.0 Å². The first kappa shape index (κ1) is 10.8. The summed E-state index contributed by atoms with van der Waals surface area (Å²) in [4.78, 5) is 4.71. The lowest BCUT2D eigenvalue weighted by Gasteiger charge is -2.04. The van der Waals surface area contributed by atoms with E-state index < -0.39 is 0 Å². The quantitative estimate of drug-likeness (QED) is 0.503. The van der Waals surface area contributed by atoms with Crippen LogP contribution in [0.25, 0.3) is 31.6 Å². The fraction of sp³-hybridized carbons (Fsp3) is 0.0625. The highest BCUT2D eigenvalue weighted by Crippen LogP contribution is 2.41. The molecular weight excluding hydrogens is 254 g/mol. The Bertz CT molecular complexity index is 865. The third-order valence-electron chi connectivity index (χ3n) is 3.37. The number of ether oxygens (including phenoxy) is 1. The average Bonchev–Trinajstić information content (AvgIpc) is 2.82. The first-order valence-electron chi connectivity index (χ1n) is 6.12. The van der Waals surface area contributed by atoms with Crippen LogP contribution in [0.2, 0.25) is 0 Å². The van der Waals surface area contributed by atoms with Gasteiger partial charge in [0.1, 0.15) is 10.8 Å². The summed E-state index contributed by atoms with van der Waals surface area (Å²) in [6.45, 7) is 0. The molecule has 0 bridgehead atoms. The largest absolute Gasteiger partial charge is 0.496 e. The molecule has 19 heavy (non-hydrogen) atoms. The van der Waals surface area contributed by atoms with E-state index >= 15 is 0 Å². The van der Waals surface area contributed by atoms with Gasteiger partial charge in [0.25, 0.3) is 0 Å². The van der Waals surface area contributed by atoms with Crippen molar-refractivity contribution in [3.8, 4) is 16.3 Å². The molecule has 0 aliphatic carbocycles. The van der Waals surface area contributed by atoms with Gasteiger partial charge in [-0.2, -0.15) is 0 Å². The highest BCUT2D eigenvalue weighted by Gasteiger charge is 2.16. The van der Waals surface area contributed by atoms with Crippen LogP contribution in [0.1, 0.15) is 0 Å². The Morgan fingerprint density at radius 1 is 1.05 bits per heavy atom. The van der Waals surface area contributed by atoms with Crippen LogP contribution in [0, 0.1) is 0 Å². The molecule has 2 nitrogen and oxygen atoms in total. The molecule has 0 atom stereocenters. The lowest BCUT2D eigenvalue weighted by molar-refractivity contribution is 0.420. The minimum absolute atomic E-state index is 0.891. The Labute approximate surface area is 114 Å². The van der Waals surface area contributed by atoms with E-state index in [0.717, 1.165) is 21.7 Å². The van der Waals surface area contributed by atoms with E-state index in [-0.39, 0.29) is 0 Å². The highest BCUT2D eigenvalue weighted by atomic mass is 32.1. The van der Waals surface area contributed by atoms with Crippen LogP contribution >= 0.6 is 11.3 Å². The van der Waals surface area contributed by atoms with Gasteiger partial charge in [-0.1, -0.05) is 24.3 Å². The molecule has 0 saturated carbocycles. The molecule has 0 aromatic heterocycles. The van der Waals surface area contributed by atoms with Gasteiger partial charge in [0.15, 0.2) is 0 Å². The van der Waals surface area contributed by atoms with Gasteiger partial charge in [-0.15, -0.1) is 11.3 Å². The summed E-state index contributed by atoms with van der Waals surface area (Å²) in [7, 11) is 1.71. The summed E-state index contributed by atoms with van der Waals surface area (Å²) < 4.78 is 6.73. The van der Waals surface area contributed by atoms with Gasteiger partial charge in [0.2, 0.25) is 0 Å². The van der Waals surface area contributed by atoms with E-state index in [2.05, 4.69) is 30.3 Å². The van der Waals surface area contributed by atoms with E-state index in [1.54, 1.807) is 18.4 Å². The van der Waals surface area contributed by atoms with Crippen molar-refractivity contribution in [2.45, 2.75) is 0 Å². The second kappa shape index (κ2) is 3.93. The monoisotopic (exact) mass is 265 g/mol. The van der Waals surface area contributed by atoms with Crippen molar-refractivity contribution in [3.63, 3.8) is 0 Å². The molecule has 0 amide bonds. The van der Waals surface area contributed by atoms with Crippen LogP contribution in [0.3, 0.4) is 0 Å². The Morgan fingerprint density at radius 2 is 1.95 bits per heavy atom. The van der Waals surface area contributed by atoms with Crippen LogP contribution < -0.4 is 4.74 Å². The van der Waals surface area contributed by atoms with Gasteiger partial charge in [0, 0.05) is 10.3 Å². The normalized spacial score (nSPS) is 11.4. The number of hydrogen-bond donors (Lipinski definition) is 0. The number of hydrogen-bond acceptors (Lipinski definition) is 3. The van der Waals surface area contributed by atoms with Crippen molar-refractivity contribution in [1.29, 1.82) is 0 Å². The number of benzene rings is 2. The second-order valence-electron chi connectivity index (χ2n) is 4.47. The fourth-order valence-electron chi connectivity index (χ4n) is 2.49. The van der Waals surface area contributed by atoms with Crippen LogP contribution in [-0.4, -0.2) is 12.1 Å². The summed E-state index contributed by atoms with van der Waals surface area (Å²) in [6, 6.07) is 16.6. The zero-order valence-electron chi connectivity index (χ0n) is 10.4. The third-order valence-corrected chi connectivity index (χ3v) is 4.47. The van der Waals surface area contributed by atoms with Crippen molar-refractivity contribution >= 4 is 32.3 Å². The molecule has 2 aliphatic heterocycles. The number of methoxy groups -OCH3 is 1. The van der Waals surface area contributed by atoms with Crippen molar-refractivity contribution in [3.05, 3.63) is 48.5 Å². The van der Waals surface area contributed by atoms with E-state index in [4.69, 9.17) is 9.72 Å². The highest BCUT2D eigenvalue weighted by molar-refractivity contribution is 7.21. The molecule has 2 aromatic carbocycles. The van der Waals surface area contributed by atoms with Crippen molar-refractivity contribution in [1.82, 2.24) is 4.98 Å². The summed E-state index contributed by atoms with van der Waals surface area (Å²) in [5.41, 5.74) is 2.18. The molecule has 2 aliphatic rings. The molecule has 4 rings (SSSR count). The molecule has 2 aromatic rings. The number of aromatic nitrogens is 1. The van der Waals surface area contributed by atoms with E-state index in [1.807, 2.05) is 18.2 Å². The third kappa shape index (κ3) is 1.52. The first-order chi connectivity index (χ1) is 9.36. The Hall–Kier alpha value is -2.13. The van der Waals surface area contributed by atoms with Crippen LogP contribution in [-0.2, 0) is 0 Å². The molecular formula is C16H11NOS. The van der Waals surface area contributed by atoms with E-state index in [9.17, 15) is 0 Å². The zero-order valence-corrected chi connectivity index (χ0v) is 11.2. The topological polar surface area (TPSA) is 22.1 Å². The van der Waals surface area contributed by atoms with Gasteiger partial charge in [-0.05, 0) is 29.7 Å². The molecule has 0 N–H and O–H groups in total. The number of rotatable bonds is 1. The first-order valence-corrected chi connectivity index (χ1v) is 6.93. The average molecular weight is 265 g/mol. The molecule has 2 heterocycles. The molecule has 0 fully saturated rings. The summed E-state index contributed by atoms with van der Waals surface area (Å²) in [5.74, 6) is 0.891. The smallest absolute Gasteiger partial charge is 0.128 e. The minimum Gasteiger partial charge on any atom is -0.496 e. The number of fused-ring (bicyclic) bond motifs is 4. The standard InChI is InChI=1S/C16H11NOS/c1-18-13-7-4-6-12-15(13)11-9-10-5-2-3-8-14(10)19-16(11)17-12/h2-9H,1H3. The Kier molecular flexibility index (Phi) is 2.23. The predicted octanol–water partition coefficient (Wildman–Crippen LogP) is 4.56. The number of nitrogens with zero attached hydrogens (tertiary/aromatic N) is 1. The molecule has 0 radical (unpaired) electrons. The van der Waals surface area contributed by atoms with Crippen LogP contribution in [0.5, 0.6) is 5.75 Å². The van der Waals surface area contributed by atoms with Crippen molar-refractivity contribution in [2.24, 2.45) is 0 Å². The van der Waals surface area contributed by atoms with Crippen molar-refractivity contribution in [2.75, 3.05) is 7.11 Å². The lowest BCUT2D eigenvalue weighted by atomic mass is 10.1. The zero-order chi connectivity index (χ0) is 12.8. The minimum atomic E-state index is 0.891.